The Morgan fingerprint density at radius 3 is 3.00 bits per heavy atom. The second-order valence-electron chi connectivity index (χ2n) is 5.08. The molecule has 1 fully saturated rings. The van der Waals surface area contributed by atoms with E-state index in [9.17, 15) is 9.59 Å². The molecule has 0 aliphatic carbocycles. The molecular formula is C15H21NO5. The number of ether oxygens (including phenoxy) is 2. The fourth-order valence-corrected chi connectivity index (χ4v) is 2.62. The molecule has 0 aromatic carbocycles. The van der Waals surface area contributed by atoms with Gasteiger partial charge in [-0.1, -0.05) is 0 Å². The predicted octanol–water partition coefficient (Wildman–Crippen LogP) is 1.84. The van der Waals surface area contributed by atoms with Crippen molar-refractivity contribution in [2.24, 2.45) is 5.92 Å². The van der Waals surface area contributed by atoms with Gasteiger partial charge in [0, 0.05) is 6.54 Å². The molecule has 0 saturated carbocycles. The molecule has 2 rings (SSSR count). The molecule has 1 saturated heterocycles. The highest BCUT2D eigenvalue weighted by Crippen LogP contribution is 2.21. The number of esters is 2. The number of furan rings is 1. The highest BCUT2D eigenvalue weighted by atomic mass is 16.5. The zero-order valence-corrected chi connectivity index (χ0v) is 12.5. The number of nitrogens with zero attached hydrogens (tertiary/aromatic N) is 1. The van der Waals surface area contributed by atoms with Crippen molar-refractivity contribution in [2.75, 3.05) is 26.8 Å². The molecule has 6 nitrogen and oxygen atoms in total. The van der Waals surface area contributed by atoms with E-state index in [1.165, 1.54) is 13.4 Å². The minimum atomic E-state index is -0.372. The standard InChI is InChI=1S/C15H21NO5/c1-3-20-15(18)12-6-8-21-13(12)10-16-7-4-5-11(9-16)14(17)19-2/h6,8,11H,3-5,7,9-10H2,1-2H3/t11-/m0/s1. The first-order valence-electron chi connectivity index (χ1n) is 7.19. The molecule has 1 atom stereocenters. The van der Waals surface area contributed by atoms with E-state index in [0.717, 1.165) is 19.4 Å². The van der Waals surface area contributed by atoms with Gasteiger partial charge in [0.25, 0.3) is 0 Å². The minimum Gasteiger partial charge on any atom is -0.469 e. The van der Waals surface area contributed by atoms with E-state index in [-0.39, 0.29) is 17.9 Å². The van der Waals surface area contributed by atoms with Crippen LogP contribution in [0, 0.1) is 5.92 Å². The van der Waals surface area contributed by atoms with Gasteiger partial charge in [-0.15, -0.1) is 0 Å². The van der Waals surface area contributed by atoms with Gasteiger partial charge in [0.15, 0.2) is 0 Å². The SMILES string of the molecule is CCOC(=O)c1ccoc1CN1CCC[C@H](C(=O)OC)C1. The number of likely N-dealkylation sites (tertiary alicyclic amines) is 1. The summed E-state index contributed by atoms with van der Waals surface area (Å²) < 4.78 is 15.2. The third-order valence-corrected chi connectivity index (χ3v) is 3.65. The zero-order chi connectivity index (χ0) is 15.2. The van der Waals surface area contributed by atoms with E-state index in [1.54, 1.807) is 13.0 Å². The molecule has 0 amide bonds. The molecule has 21 heavy (non-hydrogen) atoms. The van der Waals surface area contributed by atoms with Crippen molar-refractivity contribution >= 4 is 11.9 Å². The average molecular weight is 295 g/mol. The van der Waals surface area contributed by atoms with E-state index in [1.807, 2.05) is 0 Å². The Labute approximate surface area is 124 Å². The van der Waals surface area contributed by atoms with Crippen molar-refractivity contribution in [1.29, 1.82) is 0 Å². The van der Waals surface area contributed by atoms with Crippen LogP contribution in [0.5, 0.6) is 0 Å². The van der Waals surface area contributed by atoms with Gasteiger partial charge < -0.3 is 13.9 Å². The van der Waals surface area contributed by atoms with E-state index < -0.39 is 0 Å². The highest BCUT2D eigenvalue weighted by molar-refractivity contribution is 5.90. The first-order chi connectivity index (χ1) is 10.2. The summed E-state index contributed by atoms with van der Waals surface area (Å²) in [6.07, 6.45) is 3.25. The van der Waals surface area contributed by atoms with Gasteiger partial charge >= 0.3 is 11.9 Å². The number of carbonyl (C=O) groups is 2. The van der Waals surface area contributed by atoms with E-state index in [2.05, 4.69) is 4.90 Å². The maximum atomic E-state index is 11.8. The Balaban J connectivity index is 2.00. The molecule has 1 aliphatic heterocycles. The van der Waals surface area contributed by atoms with Crippen LogP contribution in [-0.4, -0.2) is 43.6 Å². The van der Waals surface area contributed by atoms with Gasteiger partial charge in [0.1, 0.15) is 11.3 Å². The molecule has 6 heteroatoms. The van der Waals surface area contributed by atoms with Crippen LogP contribution >= 0.6 is 0 Å². The average Bonchev–Trinajstić information content (AvgIpc) is 2.95. The second kappa shape index (κ2) is 7.26. The summed E-state index contributed by atoms with van der Waals surface area (Å²) in [4.78, 5) is 25.5. The van der Waals surface area contributed by atoms with Crippen molar-refractivity contribution < 1.29 is 23.5 Å². The van der Waals surface area contributed by atoms with Crippen molar-refractivity contribution in [3.63, 3.8) is 0 Å². The second-order valence-corrected chi connectivity index (χ2v) is 5.08. The van der Waals surface area contributed by atoms with Crippen LogP contribution < -0.4 is 0 Å². The highest BCUT2D eigenvalue weighted by Gasteiger charge is 2.28. The number of methoxy groups -OCH3 is 1. The van der Waals surface area contributed by atoms with Crippen molar-refractivity contribution in [2.45, 2.75) is 26.3 Å². The van der Waals surface area contributed by atoms with Crippen LogP contribution in [0.25, 0.3) is 0 Å². The van der Waals surface area contributed by atoms with Crippen LogP contribution in [0.4, 0.5) is 0 Å². The summed E-state index contributed by atoms with van der Waals surface area (Å²) >= 11 is 0. The molecule has 1 aliphatic rings. The van der Waals surface area contributed by atoms with Crippen LogP contribution in [-0.2, 0) is 20.8 Å². The Hall–Kier alpha value is -1.82. The number of piperidine rings is 1. The molecule has 2 heterocycles. The van der Waals surface area contributed by atoms with Crippen LogP contribution in [0.15, 0.2) is 16.7 Å². The first kappa shape index (κ1) is 15.6. The maximum Gasteiger partial charge on any atom is 0.341 e. The summed E-state index contributed by atoms with van der Waals surface area (Å²) in [6.45, 7) is 4.08. The van der Waals surface area contributed by atoms with Gasteiger partial charge in [0.05, 0.1) is 32.4 Å². The first-order valence-corrected chi connectivity index (χ1v) is 7.19. The third-order valence-electron chi connectivity index (χ3n) is 3.65. The molecule has 1 aromatic heterocycles. The van der Waals surface area contributed by atoms with Gasteiger partial charge in [-0.25, -0.2) is 4.79 Å². The summed E-state index contributed by atoms with van der Waals surface area (Å²) in [5, 5.41) is 0. The largest absolute Gasteiger partial charge is 0.469 e. The molecule has 0 unspecified atom stereocenters. The van der Waals surface area contributed by atoms with Gasteiger partial charge in [-0.3, -0.25) is 9.69 Å². The number of rotatable bonds is 5. The lowest BCUT2D eigenvalue weighted by atomic mass is 9.98. The molecule has 116 valence electrons. The topological polar surface area (TPSA) is 69.0 Å². The number of carbonyl (C=O) groups excluding carboxylic acids is 2. The van der Waals surface area contributed by atoms with E-state index in [4.69, 9.17) is 13.9 Å². The van der Waals surface area contributed by atoms with Crippen molar-refractivity contribution in [3.05, 3.63) is 23.7 Å². The van der Waals surface area contributed by atoms with Crippen molar-refractivity contribution in [3.8, 4) is 0 Å². The molecular weight excluding hydrogens is 274 g/mol. The van der Waals surface area contributed by atoms with Gasteiger partial charge in [0.2, 0.25) is 0 Å². The summed E-state index contributed by atoms with van der Waals surface area (Å²) in [7, 11) is 1.41. The molecule has 0 radical (unpaired) electrons. The van der Waals surface area contributed by atoms with Crippen molar-refractivity contribution in [1.82, 2.24) is 4.90 Å². The Morgan fingerprint density at radius 2 is 2.29 bits per heavy atom. The third kappa shape index (κ3) is 3.85. The smallest absolute Gasteiger partial charge is 0.341 e. The number of hydrogen-bond donors (Lipinski definition) is 0. The minimum absolute atomic E-state index is 0.107. The molecule has 0 N–H and O–H groups in total. The lowest BCUT2D eigenvalue weighted by molar-refractivity contribution is -0.147. The normalized spacial score (nSPS) is 19.2. The van der Waals surface area contributed by atoms with Crippen LogP contribution in [0.2, 0.25) is 0 Å². The summed E-state index contributed by atoms with van der Waals surface area (Å²) in [6, 6.07) is 1.62. The van der Waals surface area contributed by atoms with Crippen LogP contribution in [0.1, 0.15) is 35.9 Å². The van der Waals surface area contributed by atoms with Crippen LogP contribution in [0.3, 0.4) is 0 Å². The summed E-state index contributed by atoms with van der Waals surface area (Å²) in [5.41, 5.74) is 0.456. The zero-order valence-electron chi connectivity index (χ0n) is 12.5. The molecule has 1 aromatic rings. The van der Waals surface area contributed by atoms with Gasteiger partial charge in [-0.2, -0.15) is 0 Å². The molecule has 0 spiro atoms. The Bertz CT molecular complexity index is 496. The number of hydrogen-bond acceptors (Lipinski definition) is 6. The Kier molecular flexibility index (Phi) is 5.38. The Morgan fingerprint density at radius 1 is 1.48 bits per heavy atom. The predicted molar refractivity (Wildman–Crippen MR) is 74.7 cm³/mol. The lowest BCUT2D eigenvalue weighted by Crippen LogP contribution is -2.38. The quantitative estimate of drug-likeness (QED) is 0.772. The fourth-order valence-electron chi connectivity index (χ4n) is 2.62. The molecule has 0 bridgehead atoms. The lowest BCUT2D eigenvalue weighted by Gasteiger charge is -2.30. The van der Waals surface area contributed by atoms with E-state index >= 15 is 0 Å². The van der Waals surface area contributed by atoms with E-state index in [0.29, 0.717) is 31.0 Å². The summed E-state index contributed by atoms with van der Waals surface area (Å²) in [5.74, 6) is -0.0729. The van der Waals surface area contributed by atoms with Gasteiger partial charge in [-0.05, 0) is 32.4 Å². The fraction of sp³-hybridized carbons (Fsp3) is 0.600. The maximum absolute atomic E-state index is 11.8. The monoisotopic (exact) mass is 295 g/mol.